The van der Waals surface area contributed by atoms with Gasteiger partial charge in [-0.2, -0.15) is 0 Å². The van der Waals surface area contributed by atoms with Crippen molar-refractivity contribution in [2.45, 2.75) is 13.5 Å². The summed E-state index contributed by atoms with van der Waals surface area (Å²) in [5.41, 5.74) is 0.930. The van der Waals surface area contributed by atoms with E-state index in [2.05, 4.69) is 5.32 Å². The quantitative estimate of drug-likeness (QED) is 0.867. The second-order valence-corrected chi connectivity index (χ2v) is 5.56. The van der Waals surface area contributed by atoms with Crippen LogP contribution in [0, 0.1) is 6.92 Å². The van der Waals surface area contributed by atoms with Gasteiger partial charge in [-0.1, -0.05) is 11.6 Å². The fraction of sp³-hybridized carbons (Fsp3) is 0.294. The van der Waals surface area contributed by atoms with Crippen LogP contribution < -0.4 is 20.3 Å². The predicted molar refractivity (Wildman–Crippen MR) is 92.3 cm³/mol. The topological polar surface area (TPSA) is 69.6 Å². The van der Waals surface area contributed by atoms with Crippen LogP contribution in [-0.4, -0.2) is 31.2 Å². The van der Waals surface area contributed by atoms with Gasteiger partial charge in [0.15, 0.2) is 0 Å². The molecule has 0 saturated carbocycles. The van der Waals surface area contributed by atoms with Gasteiger partial charge >= 0.3 is 0 Å². The number of hydrogen-bond acceptors (Lipinski definition) is 4. The molecule has 0 aliphatic rings. The van der Waals surface area contributed by atoms with E-state index in [-0.39, 0.29) is 11.5 Å². The SMILES string of the molecule is COc1cc(C)n(CCNC(=O)c2cc(Cl)ccc2OC)c(=O)c1. The number of halogens is 1. The van der Waals surface area contributed by atoms with Crippen LogP contribution in [0.25, 0.3) is 0 Å². The number of nitrogens with one attached hydrogen (secondary N) is 1. The number of pyridine rings is 1. The van der Waals surface area contributed by atoms with Gasteiger partial charge in [0, 0.05) is 29.9 Å². The van der Waals surface area contributed by atoms with E-state index in [9.17, 15) is 9.59 Å². The molecule has 0 aliphatic carbocycles. The molecule has 1 aromatic heterocycles. The van der Waals surface area contributed by atoms with Crippen molar-refractivity contribution in [2.75, 3.05) is 20.8 Å². The van der Waals surface area contributed by atoms with Gasteiger partial charge < -0.3 is 19.4 Å². The summed E-state index contributed by atoms with van der Waals surface area (Å²) in [6.45, 7) is 2.45. The fourth-order valence-corrected chi connectivity index (χ4v) is 2.51. The number of carbonyl (C=O) groups is 1. The molecule has 1 heterocycles. The summed E-state index contributed by atoms with van der Waals surface area (Å²) in [6.07, 6.45) is 0. The van der Waals surface area contributed by atoms with E-state index in [0.29, 0.717) is 35.2 Å². The molecule has 2 aromatic rings. The summed E-state index contributed by atoms with van der Waals surface area (Å²) in [4.78, 5) is 24.3. The molecular formula is C17H19ClN2O4. The molecule has 6 nitrogen and oxygen atoms in total. The number of rotatable bonds is 6. The Morgan fingerprint density at radius 2 is 1.96 bits per heavy atom. The zero-order valence-corrected chi connectivity index (χ0v) is 14.5. The lowest BCUT2D eigenvalue weighted by Crippen LogP contribution is -2.31. The number of aryl methyl sites for hydroxylation is 1. The molecule has 0 saturated heterocycles. The van der Waals surface area contributed by atoms with Crippen molar-refractivity contribution in [1.29, 1.82) is 0 Å². The molecule has 0 aliphatic heterocycles. The zero-order valence-electron chi connectivity index (χ0n) is 13.8. The number of methoxy groups -OCH3 is 2. The van der Waals surface area contributed by atoms with Crippen LogP contribution in [0.15, 0.2) is 35.1 Å². The molecule has 1 N–H and O–H groups in total. The average Bonchev–Trinajstić information content (AvgIpc) is 2.56. The normalized spacial score (nSPS) is 10.3. The monoisotopic (exact) mass is 350 g/mol. The van der Waals surface area contributed by atoms with E-state index in [4.69, 9.17) is 21.1 Å². The highest BCUT2D eigenvalue weighted by atomic mass is 35.5. The molecule has 0 spiro atoms. The summed E-state index contributed by atoms with van der Waals surface area (Å²) in [6, 6.07) is 8.01. The van der Waals surface area contributed by atoms with Crippen LogP contribution in [-0.2, 0) is 6.54 Å². The average molecular weight is 351 g/mol. The van der Waals surface area contributed by atoms with Crippen LogP contribution in [0.4, 0.5) is 0 Å². The summed E-state index contributed by atoms with van der Waals surface area (Å²) in [7, 11) is 3.00. The minimum Gasteiger partial charge on any atom is -0.496 e. The predicted octanol–water partition coefficient (Wildman–Crippen LogP) is 2.26. The lowest BCUT2D eigenvalue weighted by molar-refractivity contribution is 0.0949. The van der Waals surface area contributed by atoms with Gasteiger partial charge in [-0.05, 0) is 31.2 Å². The second-order valence-electron chi connectivity index (χ2n) is 5.13. The number of aromatic nitrogens is 1. The van der Waals surface area contributed by atoms with Crippen molar-refractivity contribution in [3.63, 3.8) is 0 Å². The Hall–Kier alpha value is -2.47. The molecule has 0 atom stereocenters. The van der Waals surface area contributed by atoms with Crippen molar-refractivity contribution in [3.05, 3.63) is 57.0 Å². The van der Waals surface area contributed by atoms with Crippen LogP contribution in [0.5, 0.6) is 11.5 Å². The minimum atomic E-state index is -0.312. The lowest BCUT2D eigenvalue weighted by Gasteiger charge is -2.13. The molecule has 1 aromatic carbocycles. The molecule has 0 bridgehead atoms. The van der Waals surface area contributed by atoms with Gasteiger partial charge in [0.25, 0.3) is 11.5 Å². The largest absolute Gasteiger partial charge is 0.496 e. The van der Waals surface area contributed by atoms with Gasteiger partial charge in [-0.3, -0.25) is 9.59 Å². The standard InChI is InChI=1S/C17H19ClN2O4/c1-11-8-13(23-2)10-16(21)20(11)7-6-19-17(22)14-9-12(18)4-5-15(14)24-3/h4-5,8-10H,6-7H2,1-3H3,(H,19,22). The smallest absolute Gasteiger partial charge is 0.255 e. The first-order chi connectivity index (χ1) is 11.5. The number of amides is 1. The first-order valence-corrected chi connectivity index (χ1v) is 7.71. The molecule has 0 fully saturated rings. The fourth-order valence-electron chi connectivity index (χ4n) is 2.34. The van der Waals surface area contributed by atoms with E-state index in [1.807, 2.05) is 6.92 Å². The first-order valence-electron chi connectivity index (χ1n) is 7.33. The van der Waals surface area contributed by atoms with Crippen LogP contribution in [0.1, 0.15) is 16.1 Å². The molecule has 1 amide bonds. The lowest BCUT2D eigenvalue weighted by atomic mass is 10.2. The summed E-state index contributed by atoms with van der Waals surface area (Å²) in [5, 5.41) is 3.21. The third kappa shape index (κ3) is 4.08. The Bertz CT molecular complexity index is 802. The van der Waals surface area contributed by atoms with Crippen LogP contribution in [0.2, 0.25) is 5.02 Å². The van der Waals surface area contributed by atoms with E-state index >= 15 is 0 Å². The van der Waals surface area contributed by atoms with Crippen molar-refractivity contribution < 1.29 is 14.3 Å². The van der Waals surface area contributed by atoms with Gasteiger partial charge in [0.05, 0.1) is 19.8 Å². The van der Waals surface area contributed by atoms with Gasteiger partial charge in [0.2, 0.25) is 0 Å². The number of ether oxygens (including phenoxy) is 2. The molecule has 0 radical (unpaired) electrons. The highest BCUT2D eigenvalue weighted by molar-refractivity contribution is 6.31. The second kappa shape index (κ2) is 7.88. The first kappa shape index (κ1) is 17.9. The van der Waals surface area contributed by atoms with E-state index < -0.39 is 0 Å². The maximum Gasteiger partial charge on any atom is 0.255 e. The summed E-state index contributed by atoms with van der Waals surface area (Å²) in [5.74, 6) is 0.643. The third-order valence-corrected chi connectivity index (χ3v) is 3.81. The number of carbonyl (C=O) groups excluding carboxylic acids is 1. The maximum atomic E-state index is 12.3. The number of benzene rings is 1. The zero-order chi connectivity index (χ0) is 17.7. The van der Waals surface area contributed by atoms with Crippen LogP contribution >= 0.6 is 11.6 Å². The Morgan fingerprint density at radius 3 is 2.58 bits per heavy atom. The molecule has 7 heteroatoms. The summed E-state index contributed by atoms with van der Waals surface area (Å²) < 4.78 is 11.8. The van der Waals surface area contributed by atoms with Gasteiger partial charge in [-0.25, -0.2) is 0 Å². The minimum absolute atomic E-state index is 0.179. The Balaban J connectivity index is 2.06. The number of nitrogens with zero attached hydrogens (tertiary/aromatic N) is 1. The van der Waals surface area contributed by atoms with Crippen molar-refractivity contribution in [3.8, 4) is 11.5 Å². The maximum absolute atomic E-state index is 12.3. The highest BCUT2D eigenvalue weighted by Gasteiger charge is 2.13. The molecule has 0 unspecified atom stereocenters. The third-order valence-electron chi connectivity index (χ3n) is 3.57. The van der Waals surface area contributed by atoms with Crippen molar-refractivity contribution >= 4 is 17.5 Å². The van der Waals surface area contributed by atoms with E-state index in [0.717, 1.165) is 5.69 Å². The molecule has 128 valence electrons. The Kier molecular flexibility index (Phi) is 5.87. The Morgan fingerprint density at radius 1 is 1.21 bits per heavy atom. The van der Waals surface area contributed by atoms with Gasteiger partial charge in [-0.15, -0.1) is 0 Å². The molecule has 2 rings (SSSR count). The Labute approximate surface area is 145 Å². The van der Waals surface area contributed by atoms with Gasteiger partial charge in [0.1, 0.15) is 11.5 Å². The highest BCUT2D eigenvalue weighted by Crippen LogP contribution is 2.22. The van der Waals surface area contributed by atoms with Crippen LogP contribution in [0.3, 0.4) is 0 Å². The number of hydrogen-bond donors (Lipinski definition) is 1. The van der Waals surface area contributed by atoms with Crippen molar-refractivity contribution in [1.82, 2.24) is 9.88 Å². The molecular weight excluding hydrogens is 332 g/mol. The van der Waals surface area contributed by atoms with Crippen molar-refractivity contribution in [2.24, 2.45) is 0 Å². The molecule has 24 heavy (non-hydrogen) atoms. The summed E-state index contributed by atoms with van der Waals surface area (Å²) >= 11 is 5.93. The van der Waals surface area contributed by atoms with E-state index in [1.165, 1.54) is 20.3 Å². The van der Waals surface area contributed by atoms with E-state index in [1.54, 1.807) is 28.8 Å².